The van der Waals surface area contributed by atoms with Crippen LogP contribution in [0.4, 0.5) is 0 Å². The summed E-state index contributed by atoms with van der Waals surface area (Å²) < 4.78 is 9.41. The van der Waals surface area contributed by atoms with Crippen molar-refractivity contribution in [2.24, 2.45) is 0 Å². The minimum Gasteiger partial charge on any atom is -0.468 e. The molecule has 14 heavy (non-hydrogen) atoms. The number of methoxy groups -OCH3 is 1. The number of esters is 1. The number of likely N-dealkylation sites (N-methyl/N-ethyl adjacent to an activating group) is 1. The van der Waals surface area contributed by atoms with Crippen LogP contribution in [0.15, 0.2) is 4.52 Å². The zero-order valence-electron chi connectivity index (χ0n) is 8.48. The topological polar surface area (TPSA) is 68.5 Å². The quantitative estimate of drug-likeness (QED) is 0.635. The molecule has 78 valence electrons. The minimum absolute atomic E-state index is 0.206. The lowest BCUT2D eigenvalue weighted by molar-refractivity contribution is -0.141. The molecule has 0 fully saturated rings. The Labute approximate surface area is 81.8 Å². The van der Waals surface area contributed by atoms with Gasteiger partial charge in [0.2, 0.25) is 5.89 Å². The van der Waals surface area contributed by atoms with Crippen molar-refractivity contribution in [3.63, 3.8) is 0 Å². The number of carbonyl (C=O) groups is 1. The highest BCUT2D eigenvalue weighted by Gasteiger charge is 2.10. The lowest BCUT2D eigenvalue weighted by atomic mass is 10.5. The van der Waals surface area contributed by atoms with E-state index in [1.165, 1.54) is 7.11 Å². The smallest absolute Gasteiger partial charge is 0.319 e. The fourth-order valence-corrected chi connectivity index (χ4v) is 0.976. The van der Waals surface area contributed by atoms with Gasteiger partial charge < -0.3 is 9.26 Å². The highest BCUT2D eigenvalue weighted by Crippen LogP contribution is 1.99. The van der Waals surface area contributed by atoms with E-state index in [0.29, 0.717) is 18.3 Å². The van der Waals surface area contributed by atoms with Gasteiger partial charge in [0, 0.05) is 0 Å². The normalized spacial score (nSPS) is 10.6. The van der Waals surface area contributed by atoms with Gasteiger partial charge in [-0.3, -0.25) is 9.69 Å². The second-order valence-corrected chi connectivity index (χ2v) is 2.98. The monoisotopic (exact) mass is 199 g/mol. The van der Waals surface area contributed by atoms with Gasteiger partial charge in [0.15, 0.2) is 5.82 Å². The number of aromatic nitrogens is 2. The van der Waals surface area contributed by atoms with Crippen molar-refractivity contribution in [1.82, 2.24) is 15.0 Å². The summed E-state index contributed by atoms with van der Waals surface area (Å²) in [6.07, 6.45) is 0. The van der Waals surface area contributed by atoms with Crippen LogP contribution < -0.4 is 0 Å². The van der Waals surface area contributed by atoms with E-state index >= 15 is 0 Å². The molecule has 0 aromatic carbocycles. The zero-order chi connectivity index (χ0) is 10.6. The summed E-state index contributed by atoms with van der Waals surface area (Å²) in [6.45, 7) is 2.39. The number of rotatable bonds is 4. The van der Waals surface area contributed by atoms with Crippen LogP contribution in [0.3, 0.4) is 0 Å². The molecule has 0 saturated heterocycles. The molecule has 0 saturated carbocycles. The van der Waals surface area contributed by atoms with E-state index in [2.05, 4.69) is 14.9 Å². The molecule has 0 atom stereocenters. The number of carbonyl (C=O) groups excluding carboxylic acids is 1. The summed E-state index contributed by atoms with van der Waals surface area (Å²) >= 11 is 0. The SMILES string of the molecule is COC(=O)CN(C)Cc1nc(C)no1. The molecule has 1 heterocycles. The van der Waals surface area contributed by atoms with Crippen molar-refractivity contribution in [3.8, 4) is 0 Å². The molecule has 6 nitrogen and oxygen atoms in total. The number of nitrogens with zero attached hydrogens (tertiary/aromatic N) is 3. The number of hydrogen-bond acceptors (Lipinski definition) is 6. The third-order valence-corrected chi connectivity index (χ3v) is 1.60. The third kappa shape index (κ3) is 3.14. The van der Waals surface area contributed by atoms with E-state index in [-0.39, 0.29) is 12.5 Å². The molecule has 0 aliphatic heterocycles. The molecular formula is C8H13N3O3. The summed E-state index contributed by atoms with van der Waals surface area (Å²) in [5.74, 6) is 0.795. The van der Waals surface area contributed by atoms with Crippen LogP contribution in [-0.4, -0.2) is 41.7 Å². The van der Waals surface area contributed by atoms with Gasteiger partial charge in [0.05, 0.1) is 20.2 Å². The first-order chi connectivity index (χ1) is 6.61. The average Bonchev–Trinajstić information content (AvgIpc) is 2.50. The Balaban J connectivity index is 2.41. The van der Waals surface area contributed by atoms with Gasteiger partial charge in [-0.05, 0) is 14.0 Å². The minimum atomic E-state index is -0.288. The molecule has 0 unspecified atom stereocenters. The summed E-state index contributed by atoms with van der Waals surface area (Å²) in [7, 11) is 3.13. The van der Waals surface area contributed by atoms with Crippen LogP contribution in [0, 0.1) is 6.92 Å². The standard InChI is InChI=1S/C8H13N3O3/c1-6-9-7(14-10-6)4-11(2)5-8(12)13-3/h4-5H2,1-3H3. The Kier molecular flexibility index (Phi) is 3.58. The van der Waals surface area contributed by atoms with Crippen LogP contribution in [0.2, 0.25) is 0 Å². The van der Waals surface area contributed by atoms with Gasteiger partial charge in [0.25, 0.3) is 0 Å². The molecule has 6 heteroatoms. The van der Waals surface area contributed by atoms with E-state index in [1.807, 2.05) is 0 Å². The van der Waals surface area contributed by atoms with E-state index in [0.717, 1.165) is 0 Å². The highest BCUT2D eigenvalue weighted by molar-refractivity contribution is 5.71. The van der Waals surface area contributed by atoms with E-state index in [1.54, 1.807) is 18.9 Å². The molecule has 1 aromatic heterocycles. The summed E-state index contributed by atoms with van der Waals surface area (Å²) in [4.78, 5) is 16.6. The van der Waals surface area contributed by atoms with Crippen LogP contribution in [-0.2, 0) is 16.1 Å². The second kappa shape index (κ2) is 4.71. The first-order valence-corrected chi connectivity index (χ1v) is 4.16. The fraction of sp³-hybridized carbons (Fsp3) is 0.625. The molecule has 0 aliphatic carbocycles. The maximum absolute atomic E-state index is 10.9. The largest absolute Gasteiger partial charge is 0.468 e. The maximum Gasteiger partial charge on any atom is 0.319 e. The van der Waals surface area contributed by atoms with Crippen molar-refractivity contribution in [2.75, 3.05) is 20.7 Å². The Hall–Kier alpha value is -1.43. The van der Waals surface area contributed by atoms with Crippen molar-refractivity contribution >= 4 is 5.97 Å². The summed E-state index contributed by atoms with van der Waals surface area (Å²) in [5.41, 5.74) is 0. The van der Waals surface area contributed by atoms with E-state index in [9.17, 15) is 4.79 Å². The van der Waals surface area contributed by atoms with E-state index < -0.39 is 0 Å². The Morgan fingerprint density at radius 2 is 2.36 bits per heavy atom. The van der Waals surface area contributed by atoms with Crippen LogP contribution in [0.5, 0.6) is 0 Å². The van der Waals surface area contributed by atoms with Gasteiger partial charge >= 0.3 is 5.97 Å². The molecule has 0 radical (unpaired) electrons. The first kappa shape index (κ1) is 10.6. The van der Waals surface area contributed by atoms with Crippen LogP contribution in [0.25, 0.3) is 0 Å². The van der Waals surface area contributed by atoms with Crippen molar-refractivity contribution < 1.29 is 14.1 Å². The van der Waals surface area contributed by atoms with Crippen molar-refractivity contribution in [2.45, 2.75) is 13.5 Å². The lowest BCUT2D eigenvalue weighted by Gasteiger charge is -2.11. The van der Waals surface area contributed by atoms with Crippen LogP contribution >= 0.6 is 0 Å². The zero-order valence-corrected chi connectivity index (χ0v) is 8.48. The predicted octanol–water partition coefficient (Wildman–Crippen LogP) is -0.0172. The predicted molar refractivity (Wildman–Crippen MR) is 47.4 cm³/mol. The molecule has 1 aromatic rings. The Bertz CT molecular complexity index is 311. The second-order valence-electron chi connectivity index (χ2n) is 2.98. The molecule has 0 N–H and O–H groups in total. The van der Waals surface area contributed by atoms with Gasteiger partial charge in [0.1, 0.15) is 0 Å². The fourth-order valence-electron chi connectivity index (χ4n) is 0.976. The average molecular weight is 199 g/mol. The molecule has 0 aliphatic rings. The summed E-state index contributed by atoms with van der Waals surface area (Å²) in [5, 5.41) is 3.64. The van der Waals surface area contributed by atoms with Crippen molar-refractivity contribution in [3.05, 3.63) is 11.7 Å². The van der Waals surface area contributed by atoms with Gasteiger partial charge in [-0.1, -0.05) is 5.16 Å². The van der Waals surface area contributed by atoms with Gasteiger partial charge in [-0.15, -0.1) is 0 Å². The summed E-state index contributed by atoms with van der Waals surface area (Å²) in [6, 6.07) is 0. The Morgan fingerprint density at radius 3 is 2.86 bits per heavy atom. The maximum atomic E-state index is 10.9. The molecule has 1 rings (SSSR count). The Morgan fingerprint density at radius 1 is 1.64 bits per heavy atom. The van der Waals surface area contributed by atoms with E-state index in [4.69, 9.17) is 4.52 Å². The number of aryl methyl sites for hydroxylation is 1. The molecule has 0 spiro atoms. The molecule has 0 amide bonds. The number of ether oxygens (including phenoxy) is 1. The molecule has 0 bridgehead atoms. The third-order valence-electron chi connectivity index (χ3n) is 1.60. The lowest BCUT2D eigenvalue weighted by Crippen LogP contribution is -2.26. The van der Waals surface area contributed by atoms with Crippen molar-refractivity contribution in [1.29, 1.82) is 0 Å². The van der Waals surface area contributed by atoms with Crippen LogP contribution in [0.1, 0.15) is 11.7 Å². The van der Waals surface area contributed by atoms with Gasteiger partial charge in [-0.25, -0.2) is 0 Å². The highest BCUT2D eigenvalue weighted by atomic mass is 16.5. The number of hydrogen-bond donors (Lipinski definition) is 0. The van der Waals surface area contributed by atoms with Gasteiger partial charge in [-0.2, -0.15) is 4.98 Å². The molecular weight excluding hydrogens is 186 g/mol. The first-order valence-electron chi connectivity index (χ1n) is 4.16.